The molecule has 0 spiro atoms. The number of rotatable bonds is 2. The Labute approximate surface area is 241 Å². The Kier molecular flexibility index (Phi) is 6.32. The van der Waals surface area contributed by atoms with Gasteiger partial charge in [-0.05, 0) is 116 Å². The summed E-state index contributed by atoms with van der Waals surface area (Å²) in [7, 11) is 0. The third-order valence-electron chi connectivity index (χ3n) is 10.8. The van der Waals surface area contributed by atoms with E-state index in [1.807, 2.05) is 47.4 Å². The van der Waals surface area contributed by atoms with E-state index in [1.54, 1.807) is 0 Å². The summed E-state index contributed by atoms with van der Waals surface area (Å²) in [5.74, 6) is 7.42. The molecule has 1 heterocycles. The van der Waals surface area contributed by atoms with E-state index in [9.17, 15) is 19.1 Å². The number of amides is 1. The molecule has 1 aliphatic heterocycles. The number of halogens is 1. The van der Waals surface area contributed by atoms with Gasteiger partial charge in [-0.15, -0.1) is 0 Å². The molecule has 1 saturated heterocycles. The molecule has 2 aromatic rings. The van der Waals surface area contributed by atoms with Gasteiger partial charge in [0, 0.05) is 42.0 Å². The van der Waals surface area contributed by atoms with E-state index in [1.165, 1.54) is 28.9 Å². The zero-order chi connectivity index (χ0) is 28.4. The van der Waals surface area contributed by atoms with E-state index < -0.39 is 11.0 Å². The normalized spacial score (nSPS) is 32.6. The smallest absolute Gasteiger partial charge is 0.227 e. The van der Waals surface area contributed by atoms with Gasteiger partial charge in [-0.3, -0.25) is 9.59 Å². The van der Waals surface area contributed by atoms with Crippen LogP contribution in [0.2, 0.25) is 0 Å². The Morgan fingerprint density at radius 1 is 0.976 bits per heavy atom. The Balaban J connectivity index is 1.25. The highest BCUT2D eigenvalue weighted by Gasteiger charge is 2.62. The van der Waals surface area contributed by atoms with Gasteiger partial charge in [-0.1, -0.05) is 36.5 Å². The van der Waals surface area contributed by atoms with E-state index in [4.69, 9.17) is 0 Å². The van der Waals surface area contributed by atoms with Crippen molar-refractivity contribution in [3.63, 3.8) is 0 Å². The molecule has 2 aromatic carbocycles. The van der Waals surface area contributed by atoms with Crippen molar-refractivity contribution in [3.8, 4) is 11.8 Å². The van der Waals surface area contributed by atoms with Crippen LogP contribution < -0.4 is 4.90 Å². The Bertz CT molecular complexity index is 1540. The first-order valence-electron chi connectivity index (χ1n) is 15.1. The van der Waals surface area contributed by atoms with Crippen LogP contribution in [0.25, 0.3) is 0 Å². The summed E-state index contributed by atoms with van der Waals surface area (Å²) >= 11 is 0. The molecule has 0 bridgehead atoms. The van der Waals surface area contributed by atoms with Gasteiger partial charge in [-0.25, -0.2) is 4.39 Å². The summed E-state index contributed by atoms with van der Waals surface area (Å²) in [5, 5.41) is 12.3. The van der Waals surface area contributed by atoms with Gasteiger partial charge in [-0.2, -0.15) is 0 Å². The maximum Gasteiger partial charge on any atom is 0.227 e. The first kappa shape index (κ1) is 26.4. The molecule has 41 heavy (non-hydrogen) atoms. The number of hydrogen-bond acceptors (Lipinski definition) is 3. The van der Waals surface area contributed by atoms with Crippen LogP contribution in [-0.4, -0.2) is 28.9 Å². The van der Waals surface area contributed by atoms with E-state index in [0.717, 1.165) is 61.9 Å². The molecular weight excluding hydrogens is 513 g/mol. The summed E-state index contributed by atoms with van der Waals surface area (Å²) in [6.45, 7) is 2.97. The number of fused-ring (bicyclic) bond motifs is 4. The van der Waals surface area contributed by atoms with Crippen LogP contribution in [0.4, 0.5) is 10.1 Å². The fraction of sp³-hybridized carbons (Fsp3) is 0.444. The molecule has 0 aromatic heterocycles. The van der Waals surface area contributed by atoms with E-state index >= 15 is 0 Å². The number of aliphatic hydroxyl groups is 1. The SMILES string of the molecule is C[C@]12C[C@H](c3ccc(F)cc3)C3=C4CCC(=O)C=C4CCC3C1CC[C@@]2(O)C#Cc1ccc(N2CCCC2=O)cc1. The lowest BCUT2D eigenvalue weighted by molar-refractivity contribution is -0.117. The number of anilines is 1. The summed E-state index contributed by atoms with van der Waals surface area (Å²) in [4.78, 5) is 26.2. The zero-order valence-corrected chi connectivity index (χ0v) is 23.6. The molecule has 5 heteroatoms. The first-order valence-corrected chi connectivity index (χ1v) is 15.1. The van der Waals surface area contributed by atoms with Crippen molar-refractivity contribution in [3.05, 3.63) is 88.3 Å². The average Bonchev–Trinajstić information content (AvgIpc) is 3.52. The molecule has 7 rings (SSSR count). The third-order valence-corrected chi connectivity index (χ3v) is 10.8. The van der Waals surface area contributed by atoms with Crippen molar-refractivity contribution in [2.24, 2.45) is 17.3 Å². The molecule has 4 nitrogen and oxygen atoms in total. The second-order valence-electron chi connectivity index (χ2n) is 12.9. The van der Waals surface area contributed by atoms with Crippen molar-refractivity contribution < 1.29 is 19.1 Å². The quantitative estimate of drug-likeness (QED) is 0.428. The summed E-state index contributed by atoms with van der Waals surface area (Å²) in [6.07, 6.45) is 8.81. The molecule has 1 amide bonds. The molecule has 3 fully saturated rings. The molecule has 5 aliphatic rings. The van der Waals surface area contributed by atoms with Gasteiger partial charge in [0.25, 0.3) is 0 Å². The highest BCUT2D eigenvalue weighted by Crippen LogP contribution is 2.66. The number of hydrogen-bond donors (Lipinski definition) is 1. The van der Waals surface area contributed by atoms with Gasteiger partial charge in [0.2, 0.25) is 5.91 Å². The fourth-order valence-electron chi connectivity index (χ4n) is 8.69. The number of ketones is 1. The second-order valence-corrected chi connectivity index (χ2v) is 12.9. The molecule has 0 radical (unpaired) electrons. The predicted octanol–water partition coefficient (Wildman–Crippen LogP) is 6.63. The van der Waals surface area contributed by atoms with Crippen LogP contribution in [0.5, 0.6) is 0 Å². The topological polar surface area (TPSA) is 57.6 Å². The monoisotopic (exact) mass is 549 g/mol. The minimum absolute atomic E-state index is 0.0532. The van der Waals surface area contributed by atoms with Gasteiger partial charge in [0.15, 0.2) is 5.78 Å². The lowest BCUT2D eigenvalue weighted by Crippen LogP contribution is -2.51. The summed E-state index contributed by atoms with van der Waals surface area (Å²) in [5.41, 5.74) is 5.18. The van der Waals surface area contributed by atoms with Crippen LogP contribution >= 0.6 is 0 Å². The Morgan fingerprint density at radius 3 is 2.49 bits per heavy atom. The van der Waals surface area contributed by atoms with E-state index in [-0.39, 0.29) is 23.4 Å². The van der Waals surface area contributed by atoms with Crippen molar-refractivity contribution >= 4 is 17.4 Å². The molecular formula is C36H36FNO3. The molecule has 5 atom stereocenters. The maximum absolute atomic E-state index is 14.0. The predicted molar refractivity (Wildman–Crippen MR) is 157 cm³/mol. The summed E-state index contributed by atoms with van der Waals surface area (Å²) in [6, 6.07) is 14.6. The van der Waals surface area contributed by atoms with Crippen molar-refractivity contribution in [2.75, 3.05) is 11.4 Å². The molecule has 4 aliphatic carbocycles. The van der Waals surface area contributed by atoms with E-state index in [2.05, 4.69) is 18.8 Å². The minimum atomic E-state index is -1.14. The Hall–Kier alpha value is -3.49. The molecule has 1 N–H and O–H groups in total. The second kappa shape index (κ2) is 9.81. The van der Waals surface area contributed by atoms with Crippen molar-refractivity contribution in [2.45, 2.75) is 76.2 Å². The van der Waals surface area contributed by atoms with Gasteiger partial charge >= 0.3 is 0 Å². The van der Waals surface area contributed by atoms with Gasteiger partial charge in [0.1, 0.15) is 11.4 Å². The van der Waals surface area contributed by atoms with Crippen LogP contribution in [0.3, 0.4) is 0 Å². The van der Waals surface area contributed by atoms with Crippen LogP contribution in [-0.2, 0) is 9.59 Å². The lowest BCUT2D eigenvalue weighted by Gasteiger charge is -2.53. The standard InChI is InChI=1S/C36H36FNO3/c1-35-22-31(24-6-9-26(37)10-7-24)34-29-15-13-28(39)21-25(29)8-14-30(34)32(35)17-19-36(35,41)18-16-23-4-11-27(12-5-23)38-20-2-3-33(38)40/h4-7,9-12,21,30-32,41H,2-3,8,13-15,17,19-20,22H2,1H3/t30?,31-,32?,35+,36+/m1/s1. The van der Waals surface area contributed by atoms with Crippen LogP contribution in [0.1, 0.15) is 81.8 Å². The third kappa shape index (κ3) is 4.30. The average molecular weight is 550 g/mol. The largest absolute Gasteiger partial charge is 0.377 e. The minimum Gasteiger partial charge on any atom is -0.377 e. The van der Waals surface area contributed by atoms with Crippen LogP contribution in [0, 0.1) is 34.9 Å². The maximum atomic E-state index is 14.0. The fourth-order valence-corrected chi connectivity index (χ4v) is 8.69. The Morgan fingerprint density at radius 2 is 1.76 bits per heavy atom. The molecule has 2 unspecified atom stereocenters. The molecule has 2 saturated carbocycles. The summed E-state index contributed by atoms with van der Waals surface area (Å²) < 4.78 is 14.0. The number of allylic oxidation sites excluding steroid dienone is 4. The highest BCUT2D eigenvalue weighted by atomic mass is 19.1. The lowest BCUT2D eigenvalue weighted by atomic mass is 9.51. The van der Waals surface area contributed by atoms with E-state index in [0.29, 0.717) is 31.1 Å². The number of benzene rings is 2. The van der Waals surface area contributed by atoms with Crippen molar-refractivity contribution in [1.29, 1.82) is 0 Å². The first-order chi connectivity index (χ1) is 19.8. The number of carbonyl (C=O) groups excluding carboxylic acids is 2. The zero-order valence-electron chi connectivity index (χ0n) is 23.6. The van der Waals surface area contributed by atoms with Crippen molar-refractivity contribution in [1.82, 2.24) is 0 Å². The van der Waals surface area contributed by atoms with Gasteiger partial charge in [0.05, 0.1) is 0 Å². The number of carbonyl (C=O) groups is 2. The van der Waals surface area contributed by atoms with Crippen LogP contribution in [0.15, 0.2) is 71.3 Å². The van der Waals surface area contributed by atoms with Gasteiger partial charge < -0.3 is 10.0 Å². The molecule has 210 valence electrons. The number of nitrogens with zero attached hydrogens (tertiary/aromatic N) is 1. The highest BCUT2D eigenvalue weighted by molar-refractivity contribution is 5.95.